The number of carbonyl (C=O) groups excluding carboxylic acids is 2. The second kappa shape index (κ2) is 6.05. The Hall–Kier alpha value is -3.15. The van der Waals surface area contributed by atoms with E-state index >= 15 is 0 Å². The first kappa shape index (κ1) is 15.4. The van der Waals surface area contributed by atoms with Gasteiger partial charge in [0.05, 0.1) is 5.52 Å². The third-order valence-electron chi connectivity index (χ3n) is 4.45. The quantitative estimate of drug-likeness (QED) is 0.747. The molecule has 0 saturated carbocycles. The highest BCUT2D eigenvalue weighted by Gasteiger charge is 2.30. The molecule has 0 fully saturated rings. The van der Waals surface area contributed by atoms with E-state index in [1.54, 1.807) is 17.9 Å². The van der Waals surface area contributed by atoms with Gasteiger partial charge in [0.1, 0.15) is 0 Å². The highest BCUT2D eigenvalue weighted by atomic mass is 16.5. The van der Waals surface area contributed by atoms with Gasteiger partial charge in [0.15, 0.2) is 11.8 Å². The number of hydrogen-bond donors (Lipinski definition) is 1. The Kier molecular flexibility index (Phi) is 3.72. The predicted molar refractivity (Wildman–Crippen MR) is 93.5 cm³/mol. The van der Waals surface area contributed by atoms with E-state index in [0.717, 1.165) is 23.2 Å². The van der Waals surface area contributed by atoms with Gasteiger partial charge in [0, 0.05) is 17.6 Å². The van der Waals surface area contributed by atoms with Crippen molar-refractivity contribution in [2.45, 2.75) is 19.4 Å². The molecule has 3 aromatic rings. The minimum atomic E-state index is -0.880. The number of anilines is 1. The topological polar surface area (TPSA) is 75.3 Å². The molecule has 0 spiro atoms. The minimum absolute atomic E-state index is 0.192. The van der Waals surface area contributed by atoms with Crippen LogP contribution in [0, 0.1) is 0 Å². The molecule has 1 N–H and O–H groups in total. The maximum Gasteiger partial charge on any atom is 0.360 e. The maximum atomic E-state index is 12.7. The zero-order chi connectivity index (χ0) is 17.4. The molecular formula is C19H17N3O3. The van der Waals surface area contributed by atoms with Crippen molar-refractivity contribution < 1.29 is 14.3 Å². The smallest absolute Gasteiger partial charge is 0.360 e. The van der Waals surface area contributed by atoms with Crippen molar-refractivity contribution >= 4 is 28.5 Å². The van der Waals surface area contributed by atoms with E-state index in [2.05, 4.69) is 10.2 Å². The number of fused-ring (bicyclic) bond motifs is 2. The number of H-pyrrole nitrogens is 1. The molecular weight excluding hydrogens is 318 g/mol. The number of aromatic nitrogens is 2. The third-order valence-corrected chi connectivity index (χ3v) is 4.45. The third kappa shape index (κ3) is 2.65. The lowest BCUT2D eigenvalue weighted by molar-refractivity contribution is -0.126. The number of carbonyl (C=O) groups is 2. The van der Waals surface area contributed by atoms with Crippen LogP contribution in [0.2, 0.25) is 0 Å². The monoisotopic (exact) mass is 335 g/mol. The molecule has 0 radical (unpaired) electrons. The fourth-order valence-electron chi connectivity index (χ4n) is 3.17. The van der Waals surface area contributed by atoms with Gasteiger partial charge in [0.25, 0.3) is 5.91 Å². The maximum absolute atomic E-state index is 12.7. The molecule has 126 valence electrons. The van der Waals surface area contributed by atoms with E-state index < -0.39 is 12.1 Å². The molecule has 0 aliphatic carbocycles. The molecule has 6 heteroatoms. The van der Waals surface area contributed by atoms with Crippen LogP contribution in [0.5, 0.6) is 0 Å². The number of amides is 1. The van der Waals surface area contributed by atoms with E-state index in [9.17, 15) is 9.59 Å². The normalized spacial score (nSPS) is 14.4. The average molecular weight is 335 g/mol. The summed E-state index contributed by atoms with van der Waals surface area (Å²) in [7, 11) is 0. The lowest BCUT2D eigenvalue weighted by Gasteiger charge is -2.21. The Balaban J connectivity index is 1.51. The molecule has 0 saturated heterocycles. The number of para-hydroxylation sites is 2. The van der Waals surface area contributed by atoms with Gasteiger partial charge in [-0.2, -0.15) is 5.10 Å². The summed E-state index contributed by atoms with van der Waals surface area (Å²) in [6.45, 7) is 2.20. The number of esters is 1. The Labute approximate surface area is 144 Å². The zero-order valence-corrected chi connectivity index (χ0v) is 13.7. The molecule has 1 unspecified atom stereocenters. The lowest BCUT2D eigenvalue weighted by Crippen LogP contribution is -2.39. The number of rotatable bonds is 3. The summed E-state index contributed by atoms with van der Waals surface area (Å²) >= 11 is 0. The second-order valence-corrected chi connectivity index (χ2v) is 6.03. The number of ether oxygens (including phenoxy) is 1. The van der Waals surface area contributed by atoms with Crippen molar-refractivity contribution in [3.05, 3.63) is 59.8 Å². The SMILES string of the molecule is CC(OC(=O)c1n[nH]c2ccccc12)C(=O)N1CCc2ccccc21. The van der Waals surface area contributed by atoms with Gasteiger partial charge in [0.2, 0.25) is 0 Å². The Morgan fingerprint density at radius 1 is 1.16 bits per heavy atom. The van der Waals surface area contributed by atoms with E-state index in [-0.39, 0.29) is 11.6 Å². The first-order valence-corrected chi connectivity index (χ1v) is 8.18. The van der Waals surface area contributed by atoms with Gasteiger partial charge in [-0.1, -0.05) is 36.4 Å². The summed E-state index contributed by atoms with van der Waals surface area (Å²) in [5, 5.41) is 7.49. The second-order valence-electron chi connectivity index (χ2n) is 6.03. The highest BCUT2D eigenvalue weighted by Crippen LogP contribution is 2.28. The summed E-state index contributed by atoms with van der Waals surface area (Å²) in [6, 6.07) is 15.1. The molecule has 6 nitrogen and oxygen atoms in total. The van der Waals surface area contributed by atoms with E-state index in [1.165, 1.54) is 0 Å². The van der Waals surface area contributed by atoms with Crippen LogP contribution in [-0.2, 0) is 16.0 Å². The van der Waals surface area contributed by atoms with Crippen LogP contribution in [0.4, 0.5) is 5.69 Å². The Bertz CT molecular complexity index is 963. The average Bonchev–Trinajstić information content (AvgIpc) is 3.25. The van der Waals surface area contributed by atoms with Crippen LogP contribution in [0.1, 0.15) is 23.0 Å². The van der Waals surface area contributed by atoms with Crippen LogP contribution in [0.25, 0.3) is 10.9 Å². The highest BCUT2D eigenvalue weighted by molar-refractivity contribution is 6.04. The van der Waals surface area contributed by atoms with Crippen LogP contribution >= 0.6 is 0 Å². The zero-order valence-electron chi connectivity index (χ0n) is 13.7. The van der Waals surface area contributed by atoms with Crippen LogP contribution in [0.3, 0.4) is 0 Å². The molecule has 1 amide bonds. The molecule has 1 aromatic heterocycles. The number of benzene rings is 2. The van der Waals surface area contributed by atoms with Crippen LogP contribution < -0.4 is 4.90 Å². The standard InChI is InChI=1S/C19H17N3O3/c1-12(18(23)22-11-10-13-6-2-5-9-16(13)22)25-19(24)17-14-7-3-4-8-15(14)20-21-17/h2-9,12H,10-11H2,1H3,(H,20,21). The van der Waals surface area contributed by atoms with E-state index in [4.69, 9.17) is 4.74 Å². The van der Waals surface area contributed by atoms with Gasteiger partial charge >= 0.3 is 5.97 Å². The molecule has 1 aliphatic rings. The summed E-state index contributed by atoms with van der Waals surface area (Å²) in [4.78, 5) is 26.8. The summed E-state index contributed by atoms with van der Waals surface area (Å²) in [5.74, 6) is -0.830. The van der Waals surface area contributed by atoms with Gasteiger partial charge in [-0.05, 0) is 31.0 Å². The Morgan fingerprint density at radius 3 is 2.80 bits per heavy atom. The van der Waals surface area contributed by atoms with Crippen molar-refractivity contribution in [1.29, 1.82) is 0 Å². The predicted octanol–water partition coefficient (Wildman–Crippen LogP) is 2.70. The van der Waals surface area contributed by atoms with Gasteiger partial charge in [-0.3, -0.25) is 9.89 Å². The van der Waals surface area contributed by atoms with Gasteiger partial charge in [-0.25, -0.2) is 4.79 Å². The van der Waals surface area contributed by atoms with Gasteiger partial charge in [-0.15, -0.1) is 0 Å². The van der Waals surface area contributed by atoms with Crippen molar-refractivity contribution in [1.82, 2.24) is 10.2 Å². The fraction of sp³-hybridized carbons (Fsp3) is 0.211. The Morgan fingerprint density at radius 2 is 1.92 bits per heavy atom. The fourth-order valence-corrected chi connectivity index (χ4v) is 3.17. The largest absolute Gasteiger partial charge is 0.448 e. The number of nitrogens with zero attached hydrogens (tertiary/aromatic N) is 2. The number of hydrogen-bond acceptors (Lipinski definition) is 4. The van der Waals surface area contributed by atoms with E-state index in [0.29, 0.717) is 11.9 Å². The number of aromatic amines is 1. The first-order chi connectivity index (χ1) is 12.1. The molecule has 2 aromatic carbocycles. The summed E-state index contributed by atoms with van der Waals surface area (Å²) in [5.41, 5.74) is 2.97. The van der Waals surface area contributed by atoms with Crippen molar-refractivity contribution in [2.24, 2.45) is 0 Å². The molecule has 1 atom stereocenters. The summed E-state index contributed by atoms with van der Waals surface area (Å²) in [6.07, 6.45) is -0.0684. The van der Waals surface area contributed by atoms with Crippen molar-refractivity contribution in [2.75, 3.05) is 11.4 Å². The van der Waals surface area contributed by atoms with Crippen LogP contribution in [0.15, 0.2) is 48.5 Å². The van der Waals surface area contributed by atoms with Gasteiger partial charge < -0.3 is 9.64 Å². The minimum Gasteiger partial charge on any atom is -0.448 e. The number of nitrogens with one attached hydrogen (secondary N) is 1. The summed E-state index contributed by atoms with van der Waals surface area (Å²) < 4.78 is 5.38. The lowest BCUT2D eigenvalue weighted by atomic mass is 10.2. The molecule has 25 heavy (non-hydrogen) atoms. The molecule has 0 bridgehead atoms. The first-order valence-electron chi connectivity index (χ1n) is 8.18. The molecule has 4 rings (SSSR count). The molecule has 2 heterocycles. The van der Waals surface area contributed by atoms with E-state index in [1.807, 2.05) is 42.5 Å². The molecule has 1 aliphatic heterocycles. The van der Waals surface area contributed by atoms with Crippen molar-refractivity contribution in [3.8, 4) is 0 Å². The van der Waals surface area contributed by atoms with Crippen molar-refractivity contribution in [3.63, 3.8) is 0 Å². The van der Waals surface area contributed by atoms with Crippen LogP contribution in [-0.4, -0.2) is 34.7 Å².